The second-order valence-electron chi connectivity index (χ2n) is 12.2. The first-order chi connectivity index (χ1) is 24.3. The minimum absolute atomic E-state index is 0.0659. The number of carbonyl (C=O) groups is 2. The molecule has 2 aromatic carbocycles. The Labute approximate surface area is 291 Å². The van der Waals surface area contributed by atoms with Gasteiger partial charge in [0.25, 0.3) is 0 Å². The van der Waals surface area contributed by atoms with Crippen molar-refractivity contribution < 1.29 is 89.1 Å². The van der Waals surface area contributed by atoms with E-state index >= 15 is 0 Å². The molecule has 284 valence electrons. The molecule has 2 fully saturated rings. The molecule has 0 bridgehead atoms. The van der Waals surface area contributed by atoms with Gasteiger partial charge in [-0.1, -0.05) is 30.3 Å². The lowest BCUT2D eigenvalue weighted by molar-refractivity contribution is -0.334. The van der Waals surface area contributed by atoms with Crippen molar-refractivity contribution in [2.24, 2.45) is 0 Å². The van der Waals surface area contributed by atoms with Gasteiger partial charge in [-0.3, -0.25) is 4.79 Å². The van der Waals surface area contributed by atoms with E-state index in [0.717, 1.165) is 0 Å². The van der Waals surface area contributed by atoms with Gasteiger partial charge in [0.05, 0.1) is 25.7 Å². The van der Waals surface area contributed by atoms with Crippen molar-refractivity contribution in [2.75, 3.05) is 19.8 Å². The fraction of sp³-hybridized carbons (Fsp3) is 0.576. The number of hydrogen-bond acceptors (Lipinski definition) is 18. The number of ether oxygens (including phenoxy) is 6. The summed E-state index contributed by atoms with van der Waals surface area (Å²) in [6.45, 7) is -0.810. The van der Waals surface area contributed by atoms with Crippen molar-refractivity contribution in [1.29, 1.82) is 0 Å². The Kier molecular flexibility index (Phi) is 14.8. The van der Waals surface area contributed by atoms with Gasteiger partial charge < -0.3 is 84.3 Å². The van der Waals surface area contributed by atoms with Crippen LogP contribution in [0, 0.1) is 0 Å². The van der Waals surface area contributed by atoms with Crippen LogP contribution in [0.5, 0.6) is 11.5 Å². The highest BCUT2D eigenvalue weighted by atomic mass is 16.7. The number of aliphatic hydroxyl groups is 10. The maximum Gasteiger partial charge on any atom is 0.313 e. The molecule has 1 unspecified atom stereocenters. The Hall–Kier alpha value is -3.18. The molecule has 18 nitrogen and oxygen atoms in total. The summed E-state index contributed by atoms with van der Waals surface area (Å²) in [7, 11) is 0. The van der Waals surface area contributed by atoms with Crippen LogP contribution in [0.4, 0.5) is 0 Å². The number of benzene rings is 2. The first kappa shape index (κ1) is 40.6. The van der Waals surface area contributed by atoms with Crippen LogP contribution in [0.1, 0.15) is 18.4 Å². The fourth-order valence-electron chi connectivity index (χ4n) is 5.34. The summed E-state index contributed by atoms with van der Waals surface area (Å²) in [5.41, 5.74) is 0.449. The zero-order valence-electron chi connectivity index (χ0n) is 27.3. The third-order valence-electron chi connectivity index (χ3n) is 8.53. The molecular formula is C33H44O18. The summed E-state index contributed by atoms with van der Waals surface area (Å²) in [6, 6.07) is 15.4. The van der Waals surface area contributed by atoms with E-state index in [2.05, 4.69) is 0 Å². The van der Waals surface area contributed by atoms with Crippen LogP contribution in [-0.4, -0.2) is 169 Å². The number of aliphatic hydroxyl groups excluding tert-OH is 10. The highest BCUT2D eigenvalue weighted by molar-refractivity contribution is 5.78. The van der Waals surface area contributed by atoms with Gasteiger partial charge in [-0.25, -0.2) is 0 Å². The molecule has 0 radical (unpaired) electrons. The third-order valence-corrected chi connectivity index (χ3v) is 8.53. The largest absolute Gasteiger partial charge is 0.457 e. The predicted octanol–water partition coefficient (Wildman–Crippen LogP) is -3.58. The van der Waals surface area contributed by atoms with Crippen LogP contribution >= 0.6 is 0 Å². The minimum Gasteiger partial charge on any atom is -0.457 e. The lowest BCUT2D eigenvalue weighted by atomic mass is 9.97. The van der Waals surface area contributed by atoms with Crippen LogP contribution in [0.15, 0.2) is 54.6 Å². The maximum absolute atomic E-state index is 13.4. The Balaban J connectivity index is 1.49. The molecular weight excluding hydrogens is 684 g/mol. The first-order valence-electron chi connectivity index (χ1n) is 16.0. The van der Waals surface area contributed by atoms with Gasteiger partial charge in [0.2, 0.25) is 0 Å². The van der Waals surface area contributed by atoms with E-state index in [1.165, 1.54) is 6.92 Å². The Morgan fingerprint density at radius 3 is 2.10 bits per heavy atom. The van der Waals surface area contributed by atoms with Crippen molar-refractivity contribution in [1.82, 2.24) is 0 Å². The van der Waals surface area contributed by atoms with Crippen LogP contribution in [-0.2, 0) is 33.3 Å². The summed E-state index contributed by atoms with van der Waals surface area (Å²) in [4.78, 5) is 24.2. The molecule has 10 N–H and O–H groups in total. The molecule has 2 heterocycles. The molecule has 0 saturated carbocycles. The number of esters is 1. The molecule has 18 heteroatoms. The lowest BCUT2D eigenvalue weighted by Crippen LogP contribution is -2.62. The average Bonchev–Trinajstić information content (AvgIpc) is 3.14. The molecule has 2 aliphatic heterocycles. The maximum atomic E-state index is 13.4. The summed E-state index contributed by atoms with van der Waals surface area (Å²) >= 11 is 0. The highest BCUT2D eigenvalue weighted by Crippen LogP contribution is 2.31. The molecule has 4 rings (SSSR count). The van der Waals surface area contributed by atoms with Gasteiger partial charge in [0.1, 0.15) is 78.6 Å². The number of rotatable bonds is 16. The summed E-state index contributed by atoms with van der Waals surface area (Å²) < 4.78 is 33.4. The minimum atomic E-state index is -2.11. The molecule has 2 aliphatic rings. The van der Waals surface area contributed by atoms with Gasteiger partial charge >= 0.3 is 5.97 Å². The average molecular weight is 729 g/mol. The lowest BCUT2D eigenvalue weighted by Gasteiger charge is -2.43. The number of hydrogen-bond donors (Lipinski definition) is 10. The normalized spacial score (nSPS) is 32.6. The molecule has 51 heavy (non-hydrogen) atoms. The van der Waals surface area contributed by atoms with Gasteiger partial charge in [-0.15, -0.1) is 0 Å². The molecule has 0 aromatic heterocycles. The summed E-state index contributed by atoms with van der Waals surface area (Å²) in [5, 5.41) is 102. The highest BCUT2D eigenvalue weighted by Gasteiger charge is 2.50. The van der Waals surface area contributed by atoms with Crippen LogP contribution in [0.2, 0.25) is 0 Å². The number of para-hydroxylation sites is 1. The third kappa shape index (κ3) is 10.0. The van der Waals surface area contributed by atoms with Crippen molar-refractivity contribution in [3.8, 4) is 11.5 Å². The van der Waals surface area contributed by atoms with Gasteiger partial charge in [-0.05, 0) is 36.8 Å². The topological polar surface area (TPSA) is 292 Å². The fourth-order valence-corrected chi connectivity index (χ4v) is 5.34. The molecule has 0 aliphatic carbocycles. The summed E-state index contributed by atoms with van der Waals surface area (Å²) in [6.07, 6.45) is -25.4. The van der Waals surface area contributed by atoms with E-state index in [9.17, 15) is 60.7 Å². The quantitative estimate of drug-likeness (QED) is 0.0590. The molecule has 0 spiro atoms. The summed E-state index contributed by atoms with van der Waals surface area (Å²) in [5.74, 6) is -0.935. The van der Waals surface area contributed by atoms with Crippen molar-refractivity contribution in [2.45, 2.75) is 98.7 Å². The molecule has 2 aromatic rings. The van der Waals surface area contributed by atoms with Crippen LogP contribution in [0.25, 0.3) is 0 Å². The van der Waals surface area contributed by atoms with E-state index in [1.807, 2.05) is 6.07 Å². The van der Waals surface area contributed by atoms with Gasteiger partial charge in [0, 0.05) is 0 Å². The van der Waals surface area contributed by atoms with Crippen molar-refractivity contribution in [3.05, 3.63) is 60.2 Å². The van der Waals surface area contributed by atoms with E-state index in [1.54, 1.807) is 48.5 Å². The van der Waals surface area contributed by atoms with Gasteiger partial charge in [-0.2, -0.15) is 0 Å². The number of carbonyl (C=O) groups excluding carboxylic acids is 2. The predicted molar refractivity (Wildman–Crippen MR) is 168 cm³/mol. The standard InChI is InChI=1S/C33H44O18/c1-15(16-6-5-9-18(10-16)48-17-7-3-2-4-8-17)31(45)51-30-28(43)26(41)22(14-47-32-29(44)27(42)25(40)21(12-35)49-32)50-33(30)46-13-20(37)24(39)23(38)19(36)11-34/h2-11,15,19-30,32-33,35-44H,12-14H2,1H3/t15?,19-,20+,21+,22+,23+,24+,25+,26+,27-,28-,29+,30+,32-,33-/m0/s1. The first-order valence-corrected chi connectivity index (χ1v) is 16.0. The second kappa shape index (κ2) is 18.5. The molecule has 0 amide bonds. The van der Waals surface area contributed by atoms with E-state index in [0.29, 0.717) is 17.1 Å². The van der Waals surface area contributed by atoms with E-state index < -0.39 is 118 Å². The van der Waals surface area contributed by atoms with E-state index in [4.69, 9.17) is 28.4 Å². The zero-order chi connectivity index (χ0) is 37.4. The van der Waals surface area contributed by atoms with Crippen molar-refractivity contribution in [3.63, 3.8) is 0 Å². The smallest absolute Gasteiger partial charge is 0.313 e. The van der Waals surface area contributed by atoms with Crippen LogP contribution in [0.3, 0.4) is 0 Å². The monoisotopic (exact) mass is 728 g/mol. The van der Waals surface area contributed by atoms with Gasteiger partial charge in [0.15, 0.2) is 25.0 Å². The van der Waals surface area contributed by atoms with E-state index in [-0.39, 0.29) is 6.29 Å². The SMILES string of the molecule is CC(C(=O)O[C@H]1[C@@H](OC[C@@H](O)[C@@H](O)[C@H](O)[C@@H](O)C=O)O[C@H](CO[C@H]2O[C@H](CO)[C@@H](O)[C@H](O)[C@H]2O)[C@@H](O)[C@@H]1O)c1cccc(Oc2ccccc2)c1. The molecule has 15 atom stereocenters. The Morgan fingerprint density at radius 1 is 0.784 bits per heavy atom. The Bertz CT molecular complexity index is 1380. The zero-order valence-corrected chi connectivity index (χ0v) is 27.3. The Morgan fingerprint density at radius 2 is 1.43 bits per heavy atom. The van der Waals surface area contributed by atoms with Crippen molar-refractivity contribution >= 4 is 12.3 Å². The molecule has 2 saturated heterocycles. The second-order valence-corrected chi connectivity index (χ2v) is 12.2. The number of aldehydes is 1. The van der Waals surface area contributed by atoms with Crippen LogP contribution < -0.4 is 4.74 Å².